The van der Waals surface area contributed by atoms with E-state index in [4.69, 9.17) is 13.2 Å². The van der Waals surface area contributed by atoms with Crippen LogP contribution in [0.3, 0.4) is 0 Å². The third kappa shape index (κ3) is 3.72. The lowest BCUT2D eigenvalue weighted by Crippen LogP contribution is -2.55. The van der Waals surface area contributed by atoms with Crippen LogP contribution in [0.1, 0.15) is 38.3 Å². The quantitative estimate of drug-likeness (QED) is 0.592. The molecule has 170 valence electrons. The molecule has 1 atom stereocenters. The van der Waals surface area contributed by atoms with Gasteiger partial charge >= 0.3 is 0 Å². The zero-order chi connectivity index (χ0) is 24.7. The van der Waals surface area contributed by atoms with Crippen LogP contribution < -0.4 is 10.5 Å². The molecule has 1 saturated heterocycles. The minimum Gasteiger partial charge on any atom is -0.493 e. The van der Waals surface area contributed by atoms with Crippen molar-refractivity contribution >= 4 is 5.91 Å². The molecule has 5 rings (SSSR count). The maximum atomic E-state index is 13.5. The summed E-state index contributed by atoms with van der Waals surface area (Å²) in [4.78, 5) is 15.4. The number of aryl methyl sites for hydroxylation is 1. The fraction of sp³-hybridized carbons (Fsp3) is 0.345. The van der Waals surface area contributed by atoms with E-state index in [1.165, 1.54) is 0 Å². The summed E-state index contributed by atoms with van der Waals surface area (Å²) >= 11 is 0. The lowest BCUT2D eigenvalue weighted by molar-refractivity contribution is -0.126. The minimum atomic E-state index is -1.57. The summed E-state index contributed by atoms with van der Waals surface area (Å²) in [5.41, 5.74) is 8.39. The predicted octanol–water partition coefficient (Wildman–Crippen LogP) is 4.35. The van der Waals surface area contributed by atoms with Crippen molar-refractivity contribution in [1.82, 2.24) is 4.90 Å². The minimum absolute atomic E-state index is 0.274. The van der Waals surface area contributed by atoms with Crippen molar-refractivity contribution in [2.45, 2.75) is 31.6 Å². The van der Waals surface area contributed by atoms with Crippen LogP contribution in [0.5, 0.6) is 5.75 Å². The number of amides is 1. The number of nitrogens with zero attached hydrogens (tertiary/aromatic N) is 1. The first-order valence-electron chi connectivity index (χ1n) is 12.7. The largest absolute Gasteiger partial charge is 0.493 e. The SMILES string of the molecule is [2H]C([2H])(Cc1ccc2c(c1)CCO2)N1CC[C@@](C)(C(C(N)=O)(c2ccccc2)c2ccccc2)C1. The van der Waals surface area contributed by atoms with Crippen LogP contribution in [0.15, 0.2) is 78.9 Å². The molecule has 1 amide bonds. The van der Waals surface area contributed by atoms with E-state index in [2.05, 4.69) is 13.0 Å². The Balaban J connectivity index is 1.50. The smallest absolute Gasteiger partial charge is 0.233 e. The molecule has 2 aliphatic heterocycles. The molecule has 0 spiro atoms. The number of hydrogen-bond acceptors (Lipinski definition) is 3. The Kier molecular flexibility index (Phi) is 5.09. The maximum Gasteiger partial charge on any atom is 0.233 e. The Bertz CT molecular complexity index is 1180. The van der Waals surface area contributed by atoms with E-state index in [1.54, 1.807) is 0 Å². The zero-order valence-electron chi connectivity index (χ0n) is 21.1. The fourth-order valence-electron chi connectivity index (χ4n) is 5.78. The molecule has 0 unspecified atom stereocenters. The van der Waals surface area contributed by atoms with Gasteiger partial charge in [-0.2, -0.15) is 0 Å². The molecule has 1 fully saturated rings. The third-order valence-electron chi connectivity index (χ3n) is 7.42. The van der Waals surface area contributed by atoms with Crippen molar-refractivity contribution in [2.24, 2.45) is 11.1 Å². The van der Waals surface area contributed by atoms with Gasteiger partial charge in [-0.05, 0) is 47.7 Å². The number of hydrogen-bond donors (Lipinski definition) is 1. The molecule has 4 heteroatoms. The van der Waals surface area contributed by atoms with Crippen LogP contribution in [0.4, 0.5) is 0 Å². The molecule has 0 radical (unpaired) electrons. The molecule has 3 aromatic carbocycles. The van der Waals surface area contributed by atoms with E-state index >= 15 is 0 Å². The molecule has 3 aromatic rings. The van der Waals surface area contributed by atoms with Gasteiger partial charge in [-0.15, -0.1) is 0 Å². The second-order valence-corrected chi connectivity index (χ2v) is 9.45. The van der Waals surface area contributed by atoms with Gasteiger partial charge in [0.2, 0.25) is 5.91 Å². The summed E-state index contributed by atoms with van der Waals surface area (Å²) in [5, 5.41) is 0. The Morgan fingerprint density at radius 2 is 1.76 bits per heavy atom. The fourth-order valence-corrected chi connectivity index (χ4v) is 5.78. The number of likely N-dealkylation sites (tertiary alicyclic amines) is 1. The highest BCUT2D eigenvalue weighted by molar-refractivity contribution is 5.92. The summed E-state index contributed by atoms with van der Waals surface area (Å²) in [6.45, 7) is 2.17. The first-order chi connectivity index (χ1) is 16.8. The van der Waals surface area contributed by atoms with E-state index in [1.807, 2.05) is 77.7 Å². The summed E-state index contributed by atoms with van der Waals surface area (Å²) < 4.78 is 23.6. The Morgan fingerprint density at radius 1 is 1.09 bits per heavy atom. The first-order valence-corrected chi connectivity index (χ1v) is 11.7. The number of ether oxygens (including phenoxy) is 1. The molecular weight excluding hydrogens is 408 g/mol. The van der Waals surface area contributed by atoms with Crippen LogP contribution in [0.25, 0.3) is 0 Å². The van der Waals surface area contributed by atoms with Crippen molar-refractivity contribution < 1.29 is 12.3 Å². The lowest BCUT2D eigenvalue weighted by atomic mass is 9.56. The van der Waals surface area contributed by atoms with Gasteiger partial charge in [0.15, 0.2) is 0 Å². The van der Waals surface area contributed by atoms with Crippen LogP contribution in [0.2, 0.25) is 0 Å². The predicted molar refractivity (Wildman–Crippen MR) is 131 cm³/mol. The average Bonchev–Trinajstić information content (AvgIpc) is 3.48. The van der Waals surface area contributed by atoms with Crippen LogP contribution >= 0.6 is 0 Å². The lowest BCUT2D eigenvalue weighted by Gasteiger charge is -2.45. The molecule has 2 aliphatic rings. The molecule has 0 aliphatic carbocycles. The zero-order valence-corrected chi connectivity index (χ0v) is 19.1. The molecule has 2 heterocycles. The van der Waals surface area contributed by atoms with Crippen molar-refractivity contribution in [3.8, 4) is 5.75 Å². The van der Waals surface area contributed by atoms with E-state index in [0.29, 0.717) is 26.1 Å². The summed E-state index contributed by atoms with van der Waals surface area (Å²) in [7, 11) is 0. The maximum absolute atomic E-state index is 13.5. The third-order valence-corrected chi connectivity index (χ3v) is 7.42. The summed E-state index contributed by atoms with van der Waals surface area (Å²) in [6.07, 6.45) is 1.79. The van der Waals surface area contributed by atoms with Crippen molar-refractivity contribution in [3.05, 3.63) is 101 Å². The molecule has 0 bridgehead atoms. The van der Waals surface area contributed by atoms with E-state index < -0.39 is 23.2 Å². The monoisotopic (exact) mass is 442 g/mol. The normalized spacial score (nSPS) is 21.7. The van der Waals surface area contributed by atoms with E-state index in [0.717, 1.165) is 34.4 Å². The molecule has 0 saturated carbocycles. The number of nitrogens with two attached hydrogens (primary N) is 1. The van der Waals surface area contributed by atoms with Gasteiger partial charge in [0, 0.05) is 27.6 Å². The van der Waals surface area contributed by atoms with Crippen LogP contribution in [-0.2, 0) is 23.1 Å². The second-order valence-electron chi connectivity index (χ2n) is 9.45. The van der Waals surface area contributed by atoms with Crippen LogP contribution in [-0.4, -0.2) is 37.0 Å². The number of carbonyl (C=O) groups excluding carboxylic acids is 1. The number of rotatable bonds is 7. The van der Waals surface area contributed by atoms with E-state index in [-0.39, 0.29) is 6.42 Å². The van der Waals surface area contributed by atoms with Crippen LogP contribution in [0, 0.1) is 5.41 Å². The van der Waals surface area contributed by atoms with E-state index in [9.17, 15) is 4.79 Å². The Hall–Kier alpha value is -3.11. The number of benzene rings is 3. The highest BCUT2D eigenvalue weighted by Gasteiger charge is 2.57. The Morgan fingerprint density at radius 3 is 2.39 bits per heavy atom. The van der Waals surface area contributed by atoms with Gasteiger partial charge < -0.3 is 15.4 Å². The van der Waals surface area contributed by atoms with Gasteiger partial charge in [-0.25, -0.2) is 0 Å². The molecule has 33 heavy (non-hydrogen) atoms. The number of fused-ring (bicyclic) bond motifs is 1. The molecular formula is C29H32N2O2. The number of carbonyl (C=O) groups is 1. The second kappa shape index (κ2) is 8.68. The van der Waals surface area contributed by atoms with Crippen molar-refractivity contribution in [3.63, 3.8) is 0 Å². The summed E-state index contributed by atoms with van der Waals surface area (Å²) in [5.74, 6) is 0.499. The molecule has 0 aromatic heterocycles. The van der Waals surface area contributed by atoms with Crippen molar-refractivity contribution in [1.29, 1.82) is 0 Å². The highest BCUT2D eigenvalue weighted by atomic mass is 16.5. The van der Waals surface area contributed by atoms with Gasteiger partial charge in [-0.3, -0.25) is 4.79 Å². The molecule has 2 N–H and O–H groups in total. The van der Waals surface area contributed by atoms with Gasteiger partial charge in [0.1, 0.15) is 11.2 Å². The number of primary amides is 1. The van der Waals surface area contributed by atoms with Gasteiger partial charge in [0.05, 0.1) is 6.61 Å². The highest BCUT2D eigenvalue weighted by Crippen LogP contribution is 2.52. The summed E-state index contributed by atoms with van der Waals surface area (Å²) in [6, 6.07) is 25.4. The van der Waals surface area contributed by atoms with Gasteiger partial charge in [-0.1, -0.05) is 79.7 Å². The standard InChI is InChI=1S/C29H32N2O2/c1-28(16-18-31(21-28)17-14-22-12-13-26-23(20-22)15-19-33-26)29(27(30)32,24-8-4-2-5-9-24)25-10-6-3-7-11-25/h2-13,20H,14-19,21H2,1H3,(H2,30,32)/t28-/m1/s1/i17D2. The van der Waals surface area contributed by atoms with Crippen molar-refractivity contribution in [2.75, 3.05) is 26.2 Å². The Labute approximate surface area is 199 Å². The topological polar surface area (TPSA) is 55.6 Å². The average molecular weight is 443 g/mol. The molecule has 4 nitrogen and oxygen atoms in total. The first kappa shape index (κ1) is 19.4. The van der Waals surface area contributed by atoms with Gasteiger partial charge in [0.25, 0.3) is 0 Å².